The first-order valence-electron chi connectivity index (χ1n) is 7.17. The summed E-state index contributed by atoms with van der Waals surface area (Å²) in [6.07, 6.45) is -1.11. The molecule has 0 aliphatic rings. The Bertz CT molecular complexity index is 950. The van der Waals surface area contributed by atoms with Gasteiger partial charge in [0.25, 0.3) is 0 Å². The van der Waals surface area contributed by atoms with Crippen LogP contribution < -0.4 is 0 Å². The number of carbonyl (C=O) groups is 1. The van der Waals surface area contributed by atoms with Crippen LogP contribution in [0, 0.1) is 5.82 Å². The summed E-state index contributed by atoms with van der Waals surface area (Å²) in [7, 11) is 0. The van der Waals surface area contributed by atoms with Crippen molar-refractivity contribution in [3.63, 3.8) is 0 Å². The molecule has 3 aromatic heterocycles. The second-order valence-electron chi connectivity index (χ2n) is 5.30. The van der Waals surface area contributed by atoms with Gasteiger partial charge in [0.05, 0.1) is 23.9 Å². The molecule has 0 bridgehead atoms. The highest BCUT2D eigenvalue weighted by Crippen LogP contribution is 2.37. The molecule has 0 unspecified atom stereocenters. The lowest BCUT2D eigenvalue weighted by Crippen LogP contribution is -2.10. The summed E-state index contributed by atoms with van der Waals surface area (Å²) >= 11 is 0. The van der Waals surface area contributed by atoms with Crippen LogP contribution in [0.2, 0.25) is 0 Å². The number of hydrogen-bond donors (Lipinski definition) is 1. The van der Waals surface area contributed by atoms with E-state index in [9.17, 15) is 22.4 Å². The van der Waals surface area contributed by atoms with Crippen LogP contribution in [-0.4, -0.2) is 25.4 Å². The number of nitrogens with zero attached hydrogens (tertiary/aromatic N) is 3. The van der Waals surface area contributed by atoms with Gasteiger partial charge >= 0.3 is 12.1 Å². The van der Waals surface area contributed by atoms with Crippen molar-refractivity contribution >= 4 is 11.6 Å². The Morgan fingerprint density at radius 3 is 2.68 bits per heavy atom. The van der Waals surface area contributed by atoms with E-state index >= 15 is 0 Å². The molecular weight excluding hydrogens is 342 g/mol. The number of alkyl halides is 3. The molecule has 0 aliphatic carbocycles. The molecule has 0 aromatic carbocycles. The van der Waals surface area contributed by atoms with Gasteiger partial charge in [0, 0.05) is 23.7 Å². The Morgan fingerprint density at radius 2 is 2.00 bits per heavy atom. The molecule has 0 radical (unpaired) electrons. The van der Waals surface area contributed by atoms with Crippen molar-refractivity contribution in [3.8, 4) is 11.3 Å². The second-order valence-corrected chi connectivity index (χ2v) is 5.30. The Morgan fingerprint density at radius 1 is 1.24 bits per heavy atom. The average Bonchev–Trinajstić information content (AvgIpc) is 3.01. The number of aromatic nitrogens is 3. The van der Waals surface area contributed by atoms with E-state index in [-0.39, 0.29) is 24.1 Å². The summed E-state index contributed by atoms with van der Waals surface area (Å²) in [6.45, 7) is 0. The van der Waals surface area contributed by atoms with Crippen molar-refractivity contribution in [1.82, 2.24) is 14.4 Å². The number of fused-ring (bicyclic) bond motifs is 1. The van der Waals surface area contributed by atoms with Crippen LogP contribution in [0.1, 0.15) is 17.7 Å². The van der Waals surface area contributed by atoms with Gasteiger partial charge < -0.3 is 9.51 Å². The molecule has 0 fully saturated rings. The van der Waals surface area contributed by atoms with Crippen molar-refractivity contribution in [1.29, 1.82) is 0 Å². The van der Waals surface area contributed by atoms with E-state index in [2.05, 4.69) is 9.97 Å². The van der Waals surface area contributed by atoms with E-state index in [4.69, 9.17) is 5.11 Å². The molecule has 0 saturated heterocycles. The standard InChI is InChI=1S/C16H11F4N3O2/c17-9-7-12(16(18,19)20)14(22-8-9)11-3-1-10(2-4-13(24)25)23-6-5-21-15(11)23/h1,3,5-8H,2,4H2,(H,24,25). The highest BCUT2D eigenvalue weighted by Gasteiger charge is 2.35. The van der Waals surface area contributed by atoms with Gasteiger partial charge in [0.15, 0.2) is 0 Å². The first-order valence-corrected chi connectivity index (χ1v) is 7.17. The summed E-state index contributed by atoms with van der Waals surface area (Å²) in [5, 5.41) is 8.79. The number of imidazole rings is 1. The fraction of sp³-hybridized carbons (Fsp3) is 0.188. The molecule has 0 aliphatic heterocycles. The zero-order valence-electron chi connectivity index (χ0n) is 12.6. The van der Waals surface area contributed by atoms with Crippen LogP contribution in [0.15, 0.2) is 36.8 Å². The molecule has 3 heterocycles. The molecule has 0 amide bonds. The lowest BCUT2D eigenvalue weighted by molar-refractivity contribution is -0.138. The zero-order valence-corrected chi connectivity index (χ0v) is 12.6. The predicted molar refractivity (Wildman–Crippen MR) is 79.3 cm³/mol. The number of carboxylic acid groups (broad SMARTS) is 1. The second kappa shape index (κ2) is 6.15. The van der Waals surface area contributed by atoms with E-state index in [0.717, 1.165) is 0 Å². The van der Waals surface area contributed by atoms with Gasteiger partial charge in [-0.25, -0.2) is 9.37 Å². The van der Waals surface area contributed by atoms with Gasteiger partial charge in [0.2, 0.25) is 0 Å². The molecule has 5 nitrogen and oxygen atoms in total. The number of hydrogen-bond acceptors (Lipinski definition) is 3. The maximum atomic E-state index is 13.2. The summed E-state index contributed by atoms with van der Waals surface area (Å²) < 4.78 is 54.4. The van der Waals surface area contributed by atoms with Crippen molar-refractivity contribution in [2.24, 2.45) is 0 Å². The van der Waals surface area contributed by atoms with Crippen molar-refractivity contribution < 1.29 is 27.5 Å². The van der Waals surface area contributed by atoms with E-state index in [1.807, 2.05) is 0 Å². The first-order chi connectivity index (χ1) is 11.8. The fourth-order valence-electron chi connectivity index (χ4n) is 2.56. The van der Waals surface area contributed by atoms with E-state index in [1.54, 1.807) is 0 Å². The number of carboxylic acids is 1. The predicted octanol–water partition coefficient (Wildman–Crippen LogP) is 3.57. The minimum absolute atomic E-state index is 0.0800. The summed E-state index contributed by atoms with van der Waals surface area (Å²) in [6, 6.07) is 3.28. The van der Waals surface area contributed by atoms with Crippen molar-refractivity contribution in [2.75, 3.05) is 0 Å². The molecule has 0 spiro atoms. The lowest BCUT2D eigenvalue weighted by Gasteiger charge is -2.14. The van der Waals surface area contributed by atoms with Gasteiger partial charge in [0.1, 0.15) is 11.5 Å². The number of aryl methyl sites for hydroxylation is 1. The number of aliphatic carboxylic acids is 1. The molecule has 25 heavy (non-hydrogen) atoms. The minimum atomic E-state index is -4.78. The van der Waals surface area contributed by atoms with Gasteiger partial charge in [-0.1, -0.05) is 0 Å². The number of pyridine rings is 2. The highest BCUT2D eigenvalue weighted by molar-refractivity contribution is 5.78. The number of halogens is 4. The summed E-state index contributed by atoms with van der Waals surface area (Å²) in [4.78, 5) is 18.4. The molecule has 9 heteroatoms. The Labute approximate surface area is 138 Å². The summed E-state index contributed by atoms with van der Waals surface area (Å²) in [5.41, 5.74) is -0.788. The quantitative estimate of drug-likeness (QED) is 0.728. The Hall–Kier alpha value is -2.97. The fourth-order valence-corrected chi connectivity index (χ4v) is 2.56. The van der Waals surface area contributed by atoms with E-state index < -0.39 is 29.2 Å². The van der Waals surface area contributed by atoms with Crippen molar-refractivity contribution in [3.05, 3.63) is 53.9 Å². The Kier molecular flexibility index (Phi) is 4.15. The van der Waals surface area contributed by atoms with E-state index in [1.165, 1.54) is 28.9 Å². The third kappa shape index (κ3) is 3.30. The highest BCUT2D eigenvalue weighted by atomic mass is 19.4. The van der Waals surface area contributed by atoms with Crippen LogP contribution in [-0.2, 0) is 17.4 Å². The average molecular weight is 353 g/mol. The largest absolute Gasteiger partial charge is 0.481 e. The maximum Gasteiger partial charge on any atom is 0.418 e. The van der Waals surface area contributed by atoms with Gasteiger partial charge in [-0.15, -0.1) is 0 Å². The lowest BCUT2D eigenvalue weighted by atomic mass is 10.1. The third-order valence-electron chi connectivity index (χ3n) is 3.64. The normalized spacial score (nSPS) is 11.8. The van der Waals surface area contributed by atoms with Crippen LogP contribution >= 0.6 is 0 Å². The van der Waals surface area contributed by atoms with Gasteiger partial charge in [-0.2, -0.15) is 13.2 Å². The van der Waals surface area contributed by atoms with Gasteiger partial charge in [-0.05, 0) is 24.6 Å². The topological polar surface area (TPSA) is 67.5 Å². The van der Waals surface area contributed by atoms with Crippen molar-refractivity contribution in [2.45, 2.75) is 19.0 Å². The van der Waals surface area contributed by atoms with Crippen LogP contribution in [0.5, 0.6) is 0 Å². The smallest absolute Gasteiger partial charge is 0.418 e. The molecule has 1 N–H and O–H groups in total. The Balaban J connectivity index is 2.17. The zero-order chi connectivity index (χ0) is 18.2. The molecular formula is C16H11F4N3O2. The van der Waals surface area contributed by atoms with Gasteiger partial charge in [-0.3, -0.25) is 9.78 Å². The molecule has 3 rings (SSSR count). The SMILES string of the molecule is O=C(O)CCc1ccc(-c2ncc(F)cc2C(F)(F)F)c2nccn12. The molecule has 0 saturated carbocycles. The summed E-state index contributed by atoms with van der Waals surface area (Å²) in [5.74, 6) is -2.08. The monoisotopic (exact) mass is 353 g/mol. The number of rotatable bonds is 4. The molecule has 130 valence electrons. The van der Waals surface area contributed by atoms with E-state index in [0.29, 0.717) is 18.0 Å². The minimum Gasteiger partial charge on any atom is -0.481 e. The maximum absolute atomic E-state index is 13.2. The third-order valence-corrected chi connectivity index (χ3v) is 3.64. The molecule has 0 atom stereocenters. The first kappa shape index (κ1) is 16.9. The molecule has 3 aromatic rings. The van der Waals surface area contributed by atoms with Crippen LogP contribution in [0.3, 0.4) is 0 Å². The van der Waals surface area contributed by atoms with Crippen LogP contribution in [0.25, 0.3) is 16.9 Å². The van der Waals surface area contributed by atoms with Crippen LogP contribution in [0.4, 0.5) is 17.6 Å².